The van der Waals surface area contributed by atoms with E-state index in [0.717, 1.165) is 32.8 Å². The molecule has 1 heterocycles. The number of carboxylic acid groups (broad SMARTS) is 1. The molecule has 1 unspecified atom stereocenters. The van der Waals surface area contributed by atoms with Crippen molar-refractivity contribution in [3.8, 4) is 0 Å². The highest BCUT2D eigenvalue weighted by atomic mass is 16.5. The fourth-order valence-electron chi connectivity index (χ4n) is 2.28. The molecule has 5 nitrogen and oxygen atoms in total. The van der Waals surface area contributed by atoms with Gasteiger partial charge in [0.25, 0.3) is 0 Å². The van der Waals surface area contributed by atoms with Crippen LogP contribution in [0, 0.1) is 0 Å². The Morgan fingerprint density at radius 3 is 2.79 bits per heavy atom. The Bertz CT molecular complexity index is 430. The second kappa shape index (κ2) is 6.54. The van der Waals surface area contributed by atoms with Crippen LogP contribution < -0.4 is 5.32 Å². The van der Waals surface area contributed by atoms with Gasteiger partial charge in [-0.25, -0.2) is 4.79 Å². The highest BCUT2D eigenvalue weighted by Gasteiger charge is 2.15. The van der Waals surface area contributed by atoms with Gasteiger partial charge in [0.1, 0.15) is 0 Å². The van der Waals surface area contributed by atoms with E-state index in [2.05, 4.69) is 17.1 Å². The number of para-hydroxylation sites is 1. The average molecular weight is 264 g/mol. The van der Waals surface area contributed by atoms with Crippen molar-refractivity contribution in [3.05, 3.63) is 29.8 Å². The van der Waals surface area contributed by atoms with Gasteiger partial charge in [-0.3, -0.25) is 4.90 Å². The summed E-state index contributed by atoms with van der Waals surface area (Å²) in [5.41, 5.74) is 0.993. The number of hydrogen-bond acceptors (Lipinski definition) is 4. The Balaban J connectivity index is 1.94. The van der Waals surface area contributed by atoms with Crippen LogP contribution in [-0.2, 0) is 4.74 Å². The van der Waals surface area contributed by atoms with E-state index >= 15 is 0 Å². The number of morpholine rings is 1. The summed E-state index contributed by atoms with van der Waals surface area (Å²) in [5.74, 6) is -0.901. The van der Waals surface area contributed by atoms with Crippen LogP contribution in [-0.4, -0.2) is 54.9 Å². The molecule has 2 rings (SSSR count). The number of carboxylic acids is 1. The lowest BCUT2D eigenvalue weighted by Crippen LogP contribution is -2.42. The summed E-state index contributed by atoms with van der Waals surface area (Å²) in [7, 11) is 0. The first-order chi connectivity index (χ1) is 9.16. The molecule has 0 bridgehead atoms. The third kappa shape index (κ3) is 3.94. The van der Waals surface area contributed by atoms with Crippen LogP contribution >= 0.6 is 0 Å². The first-order valence-electron chi connectivity index (χ1n) is 6.56. The van der Waals surface area contributed by atoms with Crippen LogP contribution in [0.3, 0.4) is 0 Å². The molecule has 0 radical (unpaired) electrons. The molecular formula is C14H20N2O3. The third-order valence-electron chi connectivity index (χ3n) is 3.20. The molecule has 1 aromatic carbocycles. The summed E-state index contributed by atoms with van der Waals surface area (Å²) in [5, 5.41) is 12.4. The molecule has 0 spiro atoms. The number of benzene rings is 1. The number of nitrogens with one attached hydrogen (secondary N) is 1. The Labute approximate surface area is 113 Å². The van der Waals surface area contributed by atoms with E-state index in [-0.39, 0.29) is 6.04 Å². The average Bonchev–Trinajstić information content (AvgIpc) is 2.40. The minimum Gasteiger partial charge on any atom is -0.478 e. The number of rotatable bonds is 5. The van der Waals surface area contributed by atoms with Crippen LogP contribution in [0.15, 0.2) is 24.3 Å². The number of ether oxygens (including phenoxy) is 1. The topological polar surface area (TPSA) is 61.8 Å². The molecule has 1 aromatic rings. The molecule has 1 atom stereocenters. The van der Waals surface area contributed by atoms with Crippen molar-refractivity contribution in [1.29, 1.82) is 0 Å². The van der Waals surface area contributed by atoms with Gasteiger partial charge in [0.05, 0.1) is 18.8 Å². The van der Waals surface area contributed by atoms with Crippen molar-refractivity contribution in [3.63, 3.8) is 0 Å². The Hall–Kier alpha value is -1.59. The van der Waals surface area contributed by atoms with Crippen molar-refractivity contribution in [2.75, 3.05) is 38.2 Å². The SMILES string of the molecule is CC(CN1CCOCC1)Nc1ccccc1C(=O)O. The van der Waals surface area contributed by atoms with Gasteiger partial charge in [0.15, 0.2) is 0 Å². The standard InChI is InChI=1S/C14H20N2O3/c1-11(10-16-6-8-19-9-7-16)15-13-5-3-2-4-12(13)14(17)18/h2-5,11,15H,6-10H2,1H3,(H,17,18). The van der Waals surface area contributed by atoms with Crippen molar-refractivity contribution in [2.24, 2.45) is 0 Å². The molecule has 5 heteroatoms. The van der Waals surface area contributed by atoms with Crippen LogP contribution in [0.4, 0.5) is 5.69 Å². The van der Waals surface area contributed by atoms with E-state index in [1.807, 2.05) is 6.07 Å². The molecule has 1 fully saturated rings. The van der Waals surface area contributed by atoms with Crippen molar-refractivity contribution in [2.45, 2.75) is 13.0 Å². The molecule has 1 aliphatic rings. The first kappa shape index (κ1) is 13.8. The second-order valence-corrected chi connectivity index (χ2v) is 4.81. The second-order valence-electron chi connectivity index (χ2n) is 4.81. The Morgan fingerprint density at radius 1 is 1.42 bits per heavy atom. The van der Waals surface area contributed by atoms with Gasteiger partial charge in [0, 0.05) is 31.4 Å². The number of anilines is 1. The van der Waals surface area contributed by atoms with Gasteiger partial charge in [-0.05, 0) is 19.1 Å². The maximum Gasteiger partial charge on any atom is 0.337 e. The zero-order valence-electron chi connectivity index (χ0n) is 11.1. The van der Waals surface area contributed by atoms with Gasteiger partial charge >= 0.3 is 5.97 Å². The highest BCUT2D eigenvalue weighted by Crippen LogP contribution is 2.16. The van der Waals surface area contributed by atoms with E-state index in [1.54, 1.807) is 18.2 Å². The molecule has 0 aromatic heterocycles. The summed E-state index contributed by atoms with van der Waals surface area (Å²) in [6.45, 7) is 6.38. The predicted molar refractivity (Wildman–Crippen MR) is 73.7 cm³/mol. The van der Waals surface area contributed by atoms with E-state index in [9.17, 15) is 4.79 Å². The molecule has 2 N–H and O–H groups in total. The van der Waals surface area contributed by atoms with Gasteiger partial charge in [-0.2, -0.15) is 0 Å². The first-order valence-corrected chi connectivity index (χ1v) is 6.56. The summed E-state index contributed by atoms with van der Waals surface area (Å²) < 4.78 is 5.31. The van der Waals surface area contributed by atoms with E-state index in [0.29, 0.717) is 11.3 Å². The fraction of sp³-hybridized carbons (Fsp3) is 0.500. The minimum atomic E-state index is -0.901. The zero-order chi connectivity index (χ0) is 13.7. The molecular weight excluding hydrogens is 244 g/mol. The third-order valence-corrected chi connectivity index (χ3v) is 3.20. The minimum absolute atomic E-state index is 0.193. The monoisotopic (exact) mass is 264 g/mol. The quantitative estimate of drug-likeness (QED) is 0.844. The van der Waals surface area contributed by atoms with Crippen LogP contribution in [0.5, 0.6) is 0 Å². The number of carbonyl (C=O) groups is 1. The predicted octanol–water partition coefficient (Wildman–Crippen LogP) is 1.52. The maximum atomic E-state index is 11.1. The van der Waals surface area contributed by atoms with Crippen LogP contribution in [0.2, 0.25) is 0 Å². The Kier molecular flexibility index (Phi) is 4.76. The molecule has 1 aliphatic heterocycles. The Morgan fingerprint density at radius 2 is 2.11 bits per heavy atom. The number of hydrogen-bond donors (Lipinski definition) is 2. The van der Waals surface area contributed by atoms with Crippen LogP contribution in [0.1, 0.15) is 17.3 Å². The van der Waals surface area contributed by atoms with Crippen molar-refractivity contribution < 1.29 is 14.6 Å². The largest absolute Gasteiger partial charge is 0.478 e. The lowest BCUT2D eigenvalue weighted by atomic mass is 10.1. The van der Waals surface area contributed by atoms with E-state index < -0.39 is 5.97 Å². The van der Waals surface area contributed by atoms with Gasteiger partial charge in [-0.15, -0.1) is 0 Å². The van der Waals surface area contributed by atoms with E-state index in [4.69, 9.17) is 9.84 Å². The fourth-order valence-corrected chi connectivity index (χ4v) is 2.28. The van der Waals surface area contributed by atoms with E-state index in [1.165, 1.54) is 0 Å². The number of nitrogens with zero attached hydrogens (tertiary/aromatic N) is 1. The van der Waals surface area contributed by atoms with Crippen molar-refractivity contribution >= 4 is 11.7 Å². The number of aromatic carboxylic acids is 1. The summed E-state index contributed by atoms with van der Waals surface area (Å²) in [6.07, 6.45) is 0. The van der Waals surface area contributed by atoms with Crippen LogP contribution in [0.25, 0.3) is 0 Å². The van der Waals surface area contributed by atoms with Crippen molar-refractivity contribution in [1.82, 2.24) is 4.90 Å². The molecule has 0 amide bonds. The molecule has 0 saturated carbocycles. The summed E-state index contributed by atoms with van der Waals surface area (Å²) in [4.78, 5) is 13.5. The summed E-state index contributed by atoms with van der Waals surface area (Å²) >= 11 is 0. The zero-order valence-corrected chi connectivity index (χ0v) is 11.1. The maximum absolute atomic E-state index is 11.1. The van der Waals surface area contributed by atoms with Gasteiger partial charge in [-0.1, -0.05) is 12.1 Å². The van der Waals surface area contributed by atoms with Gasteiger partial charge in [0.2, 0.25) is 0 Å². The lowest BCUT2D eigenvalue weighted by molar-refractivity contribution is 0.0368. The highest BCUT2D eigenvalue weighted by molar-refractivity contribution is 5.94. The lowest BCUT2D eigenvalue weighted by Gasteiger charge is -2.29. The molecule has 104 valence electrons. The normalized spacial score (nSPS) is 17.9. The molecule has 1 saturated heterocycles. The molecule has 19 heavy (non-hydrogen) atoms. The summed E-state index contributed by atoms with van der Waals surface area (Å²) in [6, 6.07) is 7.20. The molecule has 0 aliphatic carbocycles. The van der Waals surface area contributed by atoms with Gasteiger partial charge < -0.3 is 15.2 Å². The smallest absolute Gasteiger partial charge is 0.337 e.